The van der Waals surface area contributed by atoms with Gasteiger partial charge in [0.15, 0.2) is 0 Å². The molecule has 4 aromatic carbocycles. The average Bonchev–Trinajstić information content (AvgIpc) is 4.07. The highest BCUT2D eigenvalue weighted by molar-refractivity contribution is 5.95. The number of nitrogens with one attached hydrogen (secondary N) is 5. The molecular weight excluding hydrogens is 891 g/mol. The minimum absolute atomic E-state index is 0.290. The van der Waals surface area contributed by atoms with Gasteiger partial charge in [-0.1, -0.05) is 36.4 Å². The van der Waals surface area contributed by atoms with Crippen LogP contribution in [0.4, 0.5) is 33.2 Å². The molecule has 10 rings (SSSR count). The molecule has 1 saturated heterocycles. The average molecular weight is 936 g/mol. The third-order valence-electron chi connectivity index (χ3n) is 11.3. The molecule has 1 aliphatic rings. The van der Waals surface area contributed by atoms with Crippen molar-refractivity contribution in [2.24, 2.45) is 0 Å². The van der Waals surface area contributed by atoms with Crippen molar-refractivity contribution in [3.63, 3.8) is 0 Å². The first kappa shape index (κ1) is 45.6. The highest BCUT2D eigenvalue weighted by Crippen LogP contribution is 2.34. The first-order chi connectivity index (χ1) is 34.2. The molecule has 20 nitrogen and oxygen atoms in total. The molecule has 0 radical (unpaired) electrons. The minimum atomic E-state index is -0.465. The summed E-state index contributed by atoms with van der Waals surface area (Å²) in [7, 11) is 0. The van der Waals surface area contributed by atoms with E-state index in [2.05, 4.69) is 64.0 Å². The van der Waals surface area contributed by atoms with E-state index in [1.54, 1.807) is 21.4 Å². The Kier molecular flexibility index (Phi) is 13.7. The molecule has 5 aromatic heterocycles. The number of carbonyl (C=O) groups is 1. The number of aryl methyl sites for hydroxylation is 2. The fourth-order valence-electron chi connectivity index (χ4n) is 7.75. The van der Waals surface area contributed by atoms with E-state index >= 15 is 0 Å². The van der Waals surface area contributed by atoms with Crippen molar-refractivity contribution < 1.29 is 19.0 Å². The van der Waals surface area contributed by atoms with Crippen LogP contribution in [0.15, 0.2) is 139 Å². The SMILES string of the molecule is Cc1c(-n2nn[nH]c2=O)cn2ncc(C#N)c(Nc3ccc(Oc4ccccc4)cc3)c12.Cc1c(NC(=O)NCCN2CCOCC2)cn2ncc(C#N)c(Nc3ccc(Oc4ccccc4)cc3)c12. The van der Waals surface area contributed by atoms with Crippen molar-refractivity contribution in [1.29, 1.82) is 10.5 Å². The van der Waals surface area contributed by atoms with Gasteiger partial charge in [-0.3, -0.25) is 4.90 Å². The number of fused-ring (bicyclic) bond motifs is 2. The molecule has 0 saturated carbocycles. The van der Waals surface area contributed by atoms with E-state index in [0.29, 0.717) is 63.0 Å². The van der Waals surface area contributed by atoms with Crippen molar-refractivity contribution in [3.8, 4) is 40.8 Å². The van der Waals surface area contributed by atoms with Gasteiger partial charge in [-0.15, -0.1) is 0 Å². The Hall–Kier alpha value is -9.50. The van der Waals surface area contributed by atoms with Crippen LogP contribution in [0.2, 0.25) is 0 Å². The molecule has 0 atom stereocenters. The number of tetrazole rings is 1. The molecule has 350 valence electrons. The highest BCUT2D eigenvalue weighted by Gasteiger charge is 2.20. The number of nitrogens with zero attached hydrogens (tertiary/aromatic N) is 10. The Labute approximate surface area is 400 Å². The number of ether oxygens (including phenoxy) is 3. The maximum atomic E-state index is 12.6. The van der Waals surface area contributed by atoms with Gasteiger partial charge in [0, 0.05) is 48.7 Å². The van der Waals surface area contributed by atoms with Crippen LogP contribution in [0, 0.1) is 36.5 Å². The molecule has 70 heavy (non-hydrogen) atoms. The molecular formula is C50H45N15O5. The Morgan fingerprint density at radius 1 is 0.714 bits per heavy atom. The quantitative estimate of drug-likeness (QED) is 0.0741. The largest absolute Gasteiger partial charge is 0.457 e. The smallest absolute Gasteiger partial charge is 0.365 e. The van der Waals surface area contributed by atoms with Crippen LogP contribution in [0.1, 0.15) is 22.3 Å². The summed E-state index contributed by atoms with van der Waals surface area (Å²) in [5.41, 5.74) is 7.02. The number of para-hydroxylation sites is 2. The fourth-order valence-corrected chi connectivity index (χ4v) is 7.75. The van der Waals surface area contributed by atoms with Crippen molar-refractivity contribution in [2.75, 3.05) is 55.3 Å². The van der Waals surface area contributed by atoms with Crippen molar-refractivity contribution >= 4 is 45.5 Å². The summed E-state index contributed by atoms with van der Waals surface area (Å²) >= 11 is 0. The number of H-pyrrole nitrogens is 1. The zero-order chi connectivity index (χ0) is 48.4. The van der Waals surface area contributed by atoms with Gasteiger partial charge in [0.2, 0.25) is 0 Å². The van der Waals surface area contributed by atoms with Crippen LogP contribution in [-0.2, 0) is 4.74 Å². The number of hydrogen-bond donors (Lipinski definition) is 5. The van der Waals surface area contributed by atoms with E-state index in [0.717, 1.165) is 71.5 Å². The Morgan fingerprint density at radius 2 is 1.23 bits per heavy atom. The number of amides is 2. The maximum absolute atomic E-state index is 12.6. The van der Waals surface area contributed by atoms with Gasteiger partial charge in [0.25, 0.3) is 0 Å². The van der Waals surface area contributed by atoms with E-state index in [1.807, 2.05) is 123 Å². The van der Waals surface area contributed by atoms with E-state index in [1.165, 1.54) is 12.4 Å². The first-order valence-corrected chi connectivity index (χ1v) is 22.1. The number of rotatable bonds is 13. The number of aromatic amines is 1. The van der Waals surface area contributed by atoms with Crippen LogP contribution in [0.3, 0.4) is 0 Å². The van der Waals surface area contributed by atoms with E-state index in [4.69, 9.17) is 14.2 Å². The molecule has 0 aliphatic carbocycles. The molecule has 20 heteroatoms. The summed E-state index contributed by atoms with van der Waals surface area (Å²) in [6, 6.07) is 38.0. The van der Waals surface area contributed by atoms with Gasteiger partial charge in [-0.05, 0) is 97.1 Å². The van der Waals surface area contributed by atoms with Gasteiger partial charge >= 0.3 is 11.7 Å². The Bertz CT molecular complexity index is 3400. The Morgan fingerprint density at radius 3 is 1.74 bits per heavy atom. The lowest BCUT2D eigenvalue weighted by molar-refractivity contribution is 0.0388. The number of anilines is 5. The lowest BCUT2D eigenvalue weighted by atomic mass is 10.1. The van der Waals surface area contributed by atoms with E-state index < -0.39 is 5.69 Å². The van der Waals surface area contributed by atoms with Crippen LogP contribution in [0.25, 0.3) is 16.7 Å². The van der Waals surface area contributed by atoms with Gasteiger partial charge in [-0.2, -0.15) is 25.4 Å². The molecule has 0 unspecified atom stereocenters. The predicted molar refractivity (Wildman–Crippen MR) is 262 cm³/mol. The molecule has 2 amide bonds. The number of carbonyl (C=O) groups excluding carboxylic acids is 1. The monoisotopic (exact) mass is 935 g/mol. The second-order valence-electron chi connectivity index (χ2n) is 15.9. The molecule has 5 N–H and O–H groups in total. The summed E-state index contributed by atoms with van der Waals surface area (Å²) in [5.74, 6) is 2.89. The fraction of sp³-hybridized carbons (Fsp3) is 0.160. The summed E-state index contributed by atoms with van der Waals surface area (Å²) in [4.78, 5) is 26.8. The summed E-state index contributed by atoms with van der Waals surface area (Å²) in [6.07, 6.45) is 6.39. The molecule has 0 bridgehead atoms. The van der Waals surface area contributed by atoms with Gasteiger partial charge in [-0.25, -0.2) is 23.7 Å². The van der Waals surface area contributed by atoms with Crippen molar-refractivity contribution in [3.05, 3.63) is 167 Å². The number of urea groups is 1. The topological polar surface area (TPSA) is 242 Å². The number of benzene rings is 4. The van der Waals surface area contributed by atoms with Gasteiger partial charge in [0.05, 0.1) is 82.9 Å². The third-order valence-corrected chi connectivity index (χ3v) is 11.3. The van der Waals surface area contributed by atoms with Gasteiger partial charge in [0.1, 0.15) is 35.1 Å². The number of hydrogen-bond acceptors (Lipinski definition) is 14. The second-order valence-corrected chi connectivity index (χ2v) is 15.9. The lowest BCUT2D eigenvalue weighted by Gasteiger charge is -2.26. The standard InChI is InChI=1S/C28H29N7O3.C22H16N8O2/c1-20-25(33-28(36)30-11-12-34-13-15-37-16-14-34)19-35-27(20)26(21(17-29)18-31-35)32-22-7-9-24(10-8-22)38-23-5-3-2-4-6-23;1-14-19(30-22(31)26-27-28-30)13-29-21(14)20(15(11-23)12-24-29)25-16-7-9-18(10-8-16)32-17-5-3-2-4-6-17/h2-10,18-19,32H,11-16H2,1H3,(H2,30,33,36);2-10,12-13,25H,1H3,(H,26,28,31). The normalized spacial score (nSPS) is 12.3. The van der Waals surface area contributed by atoms with Crippen molar-refractivity contribution in [2.45, 2.75) is 13.8 Å². The second kappa shape index (κ2) is 21.0. The highest BCUT2D eigenvalue weighted by atomic mass is 16.5. The first-order valence-electron chi connectivity index (χ1n) is 22.1. The minimum Gasteiger partial charge on any atom is -0.457 e. The zero-order valence-electron chi connectivity index (χ0n) is 38.0. The van der Waals surface area contributed by atoms with E-state index in [-0.39, 0.29) is 6.03 Å². The number of morpholine rings is 1. The third kappa shape index (κ3) is 10.4. The summed E-state index contributed by atoms with van der Waals surface area (Å²) < 4.78 is 21.5. The zero-order valence-corrected chi connectivity index (χ0v) is 38.0. The van der Waals surface area contributed by atoms with Crippen LogP contribution >= 0.6 is 0 Å². The number of aromatic nitrogens is 8. The van der Waals surface area contributed by atoms with Crippen LogP contribution < -0.4 is 36.4 Å². The predicted octanol–water partition coefficient (Wildman–Crippen LogP) is 7.82. The molecule has 1 aliphatic heterocycles. The Balaban J connectivity index is 0.000000176. The molecule has 1 fully saturated rings. The van der Waals surface area contributed by atoms with Crippen LogP contribution in [-0.4, -0.2) is 89.8 Å². The summed E-state index contributed by atoms with van der Waals surface area (Å²) in [5, 5.41) is 50.2. The molecule has 6 heterocycles. The molecule has 0 spiro atoms. The van der Waals surface area contributed by atoms with Crippen molar-refractivity contribution in [1.82, 2.24) is 49.7 Å². The van der Waals surface area contributed by atoms with E-state index in [9.17, 15) is 20.1 Å². The number of nitriles is 2. The maximum Gasteiger partial charge on any atom is 0.365 e. The lowest BCUT2D eigenvalue weighted by Crippen LogP contribution is -2.42. The summed E-state index contributed by atoms with van der Waals surface area (Å²) in [6.45, 7) is 8.22. The molecule has 9 aromatic rings. The van der Waals surface area contributed by atoms with Crippen LogP contribution in [0.5, 0.6) is 23.0 Å². The van der Waals surface area contributed by atoms with Gasteiger partial charge < -0.3 is 35.5 Å².